The molecule has 0 aromatic heterocycles. The fourth-order valence-electron chi connectivity index (χ4n) is 2.33. The van der Waals surface area contributed by atoms with E-state index in [1.54, 1.807) is 0 Å². The van der Waals surface area contributed by atoms with Gasteiger partial charge in [-0.25, -0.2) is 8.42 Å². The Morgan fingerprint density at radius 2 is 1.94 bits per heavy atom. The van der Waals surface area contributed by atoms with Crippen LogP contribution in [0.3, 0.4) is 0 Å². The van der Waals surface area contributed by atoms with Crippen molar-refractivity contribution >= 4 is 9.84 Å². The zero-order valence-electron chi connectivity index (χ0n) is 10.4. The van der Waals surface area contributed by atoms with Crippen molar-refractivity contribution < 1.29 is 13.5 Å². The molecule has 0 saturated carbocycles. The Morgan fingerprint density at radius 3 is 2.50 bits per heavy atom. The number of aliphatic hydroxyl groups is 1. The molecule has 1 rings (SSSR count). The molecular formula is C12H24O3S. The highest BCUT2D eigenvalue weighted by Crippen LogP contribution is 2.25. The summed E-state index contributed by atoms with van der Waals surface area (Å²) in [6, 6.07) is 0. The summed E-state index contributed by atoms with van der Waals surface area (Å²) in [4.78, 5) is 0. The number of sulfone groups is 1. The minimum Gasteiger partial charge on any atom is -0.392 e. The fourth-order valence-corrected chi connectivity index (χ4v) is 4.38. The van der Waals surface area contributed by atoms with E-state index in [9.17, 15) is 13.5 Å². The van der Waals surface area contributed by atoms with Gasteiger partial charge in [-0.1, -0.05) is 33.1 Å². The molecule has 1 heterocycles. The Balaban J connectivity index is 2.43. The van der Waals surface area contributed by atoms with Gasteiger partial charge in [-0.3, -0.25) is 0 Å². The standard InChI is InChI=1S/C12H24O3S/c1-10(2)6-5-7-11(13)12-8-3-4-9-16(12,14)15/h10-13H,3-9H2,1-2H3. The molecule has 0 radical (unpaired) electrons. The van der Waals surface area contributed by atoms with Crippen molar-refractivity contribution in [2.75, 3.05) is 5.75 Å². The van der Waals surface area contributed by atoms with Crippen LogP contribution in [0.1, 0.15) is 52.4 Å². The SMILES string of the molecule is CC(C)CCCC(O)C1CCCCS1(=O)=O. The first kappa shape index (κ1) is 14.0. The van der Waals surface area contributed by atoms with Crippen LogP contribution in [-0.2, 0) is 9.84 Å². The van der Waals surface area contributed by atoms with E-state index in [2.05, 4.69) is 13.8 Å². The lowest BCUT2D eigenvalue weighted by Gasteiger charge is -2.26. The van der Waals surface area contributed by atoms with Crippen LogP contribution >= 0.6 is 0 Å². The summed E-state index contributed by atoms with van der Waals surface area (Å²) in [6.07, 6.45) is 4.30. The lowest BCUT2D eigenvalue weighted by atomic mass is 10.0. The Hall–Kier alpha value is -0.0900. The van der Waals surface area contributed by atoms with Crippen LogP contribution in [0.25, 0.3) is 0 Å². The molecule has 1 N–H and O–H groups in total. The Kier molecular flexibility index (Phi) is 5.25. The van der Waals surface area contributed by atoms with Crippen molar-refractivity contribution in [3.05, 3.63) is 0 Å². The molecule has 3 nitrogen and oxygen atoms in total. The largest absolute Gasteiger partial charge is 0.392 e. The van der Waals surface area contributed by atoms with Crippen molar-refractivity contribution in [2.24, 2.45) is 5.92 Å². The molecule has 4 heteroatoms. The van der Waals surface area contributed by atoms with E-state index in [0.29, 0.717) is 18.8 Å². The molecule has 1 fully saturated rings. The molecule has 96 valence electrons. The van der Waals surface area contributed by atoms with Crippen molar-refractivity contribution in [2.45, 2.75) is 63.7 Å². The lowest BCUT2D eigenvalue weighted by Crippen LogP contribution is -2.38. The molecule has 16 heavy (non-hydrogen) atoms. The van der Waals surface area contributed by atoms with Gasteiger partial charge >= 0.3 is 0 Å². The maximum absolute atomic E-state index is 11.8. The molecule has 1 saturated heterocycles. The van der Waals surface area contributed by atoms with Crippen LogP contribution < -0.4 is 0 Å². The number of aliphatic hydroxyl groups excluding tert-OH is 1. The van der Waals surface area contributed by atoms with Gasteiger partial charge in [0.05, 0.1) is 17.1 Å². The fraction of sp³-hybridized carbons (Fsp3) is 1.00. The van der Waals surface area contributed by atoms with E-state index in [4.69, 9.17) is 0 Å². The highest BCUT2D eigenvalue weighted by Gasteiger charge is 2.34. The maximum Gasteiger partial charge on any atom is 0.155 e. The second-order valence-corrected chi connectivity index (χ2v) is 7.63. The molecule has 1 aliphatic rings. The first-order valence-corrected chi connectivity index (χ1v) is 8.04. The lowest BCUT2D eigenvalue weighted by molar-refractivity contribution is 0.147. The quantitative estimate of drug-likeness (QED) is 0.811. The monoisotopic (exact) mass is 248 g/mol. The van der Waals surface area contributed by atoms with Crippen molar-refractivity contribution in [1.82, 2.24) is 0 Å². The number of hydrogen-bond donors (Lipinski definition) is 1. The third kappa shape index (κ3) is 4.06. The van der Waals surface area contributed by atoms with Crippen LogP contribution in [0.4, 0.5) is 0 Å². The topological polar surface area (TPSA) is 54.4 Å². The predicted molar refractivity (Wildman–Crippen MR) is 66.1 cm³/mol. The van der Waals surface area contributed by atoms with Gasteiger partial charge in [0, 0.05) is 0 Å². The Bertz CT molecular complexity index is 295. The minimum absolute atomic E-state index is 0.263. The van der Waals surface area contributed by atoms with E-state index >= 15 is 0 Å². The molecule has 0 aromatic rings. The molecular weight excluding hydrogens is 224 g/mol. The second-order valence-electron chi connectivity index (χ2n) is 5.29. The summed E-state index contributed by atoms with van der Waals surface area (Å²) < 4.78 is 23.5. The zero-order chi connectivity index (χ0) is 12.2. The van der Waals surface area contributed by atoms with Crippen molar-refractivity contribution in [3.8, 4) is 0 Å². The summed E-state index contributed by atoms with van der Waals surface area (Å²) in [6.45, 7) is 4.29. The van der Waals surface area contributed by atoms with E-state index in [1.807, 2.05) is 0 Å². The molecule has 0 bridgehead atoms. The number of hydrogen-bond acceptors (Lipinski definition) is 3. The molecule has 2 atom stereocenters. The van der Waals surface area contributed by atoms with Crippen LogP contribution in [0, 0.1) is 5.92 Å². The van der Waals surface area contributed by atoms with Gasteiger partial charge in [0.25, 0.3) is 0 Å². The van der Waals surface area contributed by atoms with Gasteiger partial charge in [-0.05, 0) is 25.2 Å². The van der Waals surface area contributed by atoms with E-state index in [-0.39, 0.29) is 5.75 Å². The van der Waals surface area contributed by atoms with Gasteiger partial charge in [-0.2, -0.15) is 0 Å². The normalized spacial score (nSPS) is 26.9. The summed E-state index contributed by atoms with van der Waals surface area (Å²) in [5.74, 6) is 0.883. The van der Waals surface area contributed by atoms with E-state index < -0.39 is 21.2 Å². The van der Waals surface area contributed by atoms with Crippen molar-refractivity contribution in [3.63, 3.8) is 0 Å². The van der Waals surface area contributed by atoms with Crippen molar-refractivity contribution in [1.29, 1.82) is 0 Å². The highest BCUT2D eigenvalue weighted by atomic mass is 32.2. The first-order valence-electron chi connectivity index (χ1n) is 6.33. The van der Waals surface area contributed by atoms with Gasteiger partial charge in [0.2, 0.25) is 0 Å². The van der Waals surface area contributed by atoms with Crippen LogP contribution in [0.5, 0.6) is 0 Å². The van der Waals surface area contributed by atoms with E-state index in [1.165, 1.54) is 0 Å². The molecule has 0 spiro atoms. The highest BCUT2D eigenvalue weighted by molar-refractivity contribution is 7.92. The smallest absolute Gasteiger partial charge is 0.155 e. The summed E-state index contributed by atoms with van der Waals surface area (Å²) in [7, 11) is -3.02. The molecule has 0 aliphatic carbocycles. The van der Waals surface area contributed by atoms with Gasteiger partial charge in [0.15, 0.2) is 9.84 Å². The molecule has 1 aliphatic heterocycles. The van der Waals surface area contributed by atoms with Gasteiger partial charge < -0.3 is 5.11 Å². The number of rotatable bonds is 5. The first-order chi connectivity index (χ1) is 7.43. The average molecular weight is 248 g/mol. The summed E-state index contributed by atoms with van der Waals surface area (Å²) >= 11 is 0. The van der Waals surface area contributed by atoms with Gasteiger partial charge in [-0.15, -0.1) is 0 Å². The Morgan fingerprint density at radius 1 is 1.25 bits per heavy atom. The summed E-state index contributed by atoms with van der Waals surface area (Å²) in [5, 5.41) is 9.45. The average Bonchev–Trinajstić information content (AvgIpc) is 2.16. The molecule has 0 amide bonds. The van der Waals surface area contributed by atoms with Gasteiger partial charge in [0.1, 0.15) is 0 Å². The Labute approximate surface area is 99.2 Å². The second kappa shape index (κ2) is 6.01. The third-order valence-corrected chi connectivity index (χ3v) is 5.67. The van der Waals surface area contributed by atoms with Crippen LogP contribution in [0.2, 0.25) is 0 Å². The maximum atomic E-state index is 11.8. The molecule has 0 aromatic carbocycles. The summed E-state index contributed by atoms with van der Waals surface area (Å²) in [5.41, 5.74) is 0. The zero-order valence-corrected chi connectivity index (χ0v) is 11.2. The van der Waals surface area contributed by atoms with Crippen LogP contribution in [0.15, 0.2) is 0 Å². The third-order valence-electron chi connectivity index (χ3n) is 3.34. The molecule has 2 unspecified atom stereocenters. The van der Waals surface area contributed by atoms with E-state index in [0.717, 1.165) is 25.7 Å². The predicted octanol–water partition coefficient (Wildman–Crippen LogP) is 2.14. The minimum atomic E-state index is -3.02. The van der Waals surface area contributed by atoms with Crippen LogP contribution in [-0.4, -0.2) is 30.6 Å².